The third-order valence-corrected chi connectivity index (χ3v) is 11.1. The van der Waals surface area contributed by atoms with E-state index in [2.05, 4.69) is 121 Å². The van der Waals surface area contributed by atoms with Crippen molar-refractivity contribution in [3.05, 3.63) is 143 Å². The topological polar surface area (TPSA) is 0 Å². The minimum absolute atomic E-state index is 0. The van der Waals surface area contributed by atoms with E-state index in [9.17, 15) is 0 Å². The van der Waals surface area contributed by atoms with Crippen molar-refractivity contribution in [2.24, 2.45) is 0 Å². The van der Waals surface area contributed by atoms with Gasteiger partial charge in [0, 0.05) is 0 Å². The van der Waals surface area contributed by atoms with Gasteiger partial charge in [-0.05, 0) is 0 Å². The first-order chi connectivity index (χ1) is 15.4. The van der Waals surface area contributed by atoms with Gasteiger partial charge in [-0.2, -0.15) is 0 Å². The first-order valence-electron chi connectivity index (χ1n) is 10.9. The zero-order valence-corrected chi connectivity index (χ0v) is 21.9. The van der Waals surface area contributed by atoms with Gasteiger partial charge in [-0.15, -0.1) is 0 Å². The van der Waals surface area contributed by atoms with Crippen LogP contribution in [0.25, 0.3) is 23.3 Å². The summed E-state index contributed by atoms with van der Waals surface area (Å²) in [4.78, 5) is 0. The quantitative estimate of drug-likeness (QED) is 0.367. The van der Waals surface area contributed by atoms with Crippen LogP contribution in [0, 0.1) is 0 Å². The Labute approximate surface area is 219 Å². The van der Waals surface area contributed by atoms with Gasteiger partial charge in [0.05, 0.1) is 0 Å². The minimum atomic E-state index is -0.942. The van der Waals surface area contributed by atoms with E-state index in [1.807, 2.05) is 0 Å². The number of fused-ring (bicyclic) bond motifs is 2. The number of halogens is 2. The predicted molar refractivity (Wildman–Crippen MR) is 127 cm³/mol. The fourth-order valence-corrected chi connectivity index (χ4v) is 10.0. The number of hydrogen-bond donors (Lipinski definition) is 0. The summed E-state index contributed by atoms with van der Waals surface area (Å²) in [6.45, 7) is 0. The van der Waals surface area contributed by atoms with E-state index in [4.69, 9.17) is 0 Å². The molecule has 0 aliphatic heterocycles. The van der Waals surface area contributed by atoms with Gasteiger partial charge >= 0.3 is 196 Å². The van der Waals surface area contributed by atoms with Crippen LogP contribution in [-0.4, -0.2) is 0 Å². The summed E-state index contributed by atoms with van der Waals surface area (Å²) < 4.78 is 1.12. The molecule has 2 aliphatic carbocycles. The van der Waals surface area contributed by atoms with E-state index >= 15 is 0 Å². The van der Waals surface area contributed by atoms with Gasteiger partial charge < -0.3 is 24.8 Å². The van der Waals surface area contributed by atoms with Gasteiger partial charge in [-0.3, -0.25) is 0 Å². The average Bonchev–Trinajstić information content (AvgIpc) is 3.40. The summed E-state index contributed by atoms with van der Waals surface area (Å²) in [7, 11) is 0. The van der Waals surface area contributed by atoms with E-state index in [1.165, 1.54) is 44.5 Å². The molecule has 4 aromatic rings. The number of allylic oxidation sites excluding steroid dienone is 2. The van der Waals surface area contributed by atoms with Crippen molar-refractivity contribution in [3.63, 3.8) is 0 Å². The molecule has 2 unspecified atom stereocenters. The monoisotopic (exact) mass is 542 g/mol. The average molecular weight is 545 g/mol. The van der Waals surface area contributed by atoms with Crippen molar-refractivity contribution in [2.45, 2.75) is 7.25 Å². The van der Waals surface area contributed by atoms with Crippen LogP contribution in [0.4, 0.5) is 0 Å². The molecular formula is C30H22Cl2Zr. The third-order valence-electron chi connectivity index (χ3n) is 6.41. The van der Waals surface area contributed by atoms with Crippen LogP contribution in [0.1, 0.15) is 40.6 Å². The maximum absolute atomic E-state index is 2.45. The Morgan fingerprint density at radius 2 is 0.788 bits per heavy atom. The molecular weight excluding hydrogens is 522 g/mol. The zero-order chi connectivity index (χ0) is 20.6. The normalized spacial score (nSPS) is 17.5. The molecule has 4 aromatic carbocycles. The van der Waals surface area contributed by atoms with E-state index < -0.39 is 23.2 Å². The SMILES string of the molecule is C1=C(c2ccccc2)[CH]([Zr+2][CH]2C(c3ccccc3)=Cc3ccccc32)c2ccccc21.[Cl-].[Cl-]. The molecule has 0 amide bonds. The molecule has 0 heterocycles. The molecule has 3 heteroatoms. The van der Waals surface area contributed by atoms with Crippen LogP contribution in [-0.2, 0) is 23.2 Å². The summed E-state index contributed by atoms with van der Waals surface area (Å²) in [5.74, 6) is 0. The maximum atomic E-state index is 2.45. The van der Waals surface area contributed by atoms with Crippen molar-refractivity contribution in [1.82, 2.24) is 0 Å². The van der Waals surface area contributed by atoms with Crippen molar-refractivity contribution >= 4 is 23.3 Å². The summed E-state index contributed by atoms with van der Waals surface area (Å²) in [5, 5.41) is 0. The number of rotatable bonds is 4. The number of hydrogen-bond acceptors (Lipinski definition) is 0. The predicted octanol–water partition coefficient (Wildman–Crippen LogP) is 1.67. The third kappa shape index (κ3) is 4.48. The Morgan fingerprint density at radius 3 is 1.21 bits per heavy atom. The summed E-state index contributed by atoms with van der Waals surface area (Å²) in [5.41, 5.74) is 11.7. The fourth-order valence-electron chi connectivity index (χ4n) is 4.93. The molecule has 2 aliphatic rings. The molecule has 0 saturated heterocycles. The molecule has 0 bridgehead atoms. The van der Waals surface area contributed by atoms with Crippen LogP contribution in [0.15, 0.2) is 109 Å². The van der Waals surface area contributed by atoms with E-state index in [0.29, 0.717) is 7.25 Å². The van der Waals surface area contributed by atoms with Gasteiger partial charge in [0.25, 0.3) is 0 Å². The van der Waals surface area contributed by atoms with Gasteiger partial charge in [0.2, 0.25) is 0 Å². The van der Waals surface area contributed by atoms with Crippen LogP contribution < -0.4 is 24.8 Å². The molecule has 33 heavy (non-hydrogen) atoms. The molecule has 0 spiro atoms. The van der Waals surface area contributed by atoms with Gasteiger partial charge in [0.15, 0.2) is 0 Å². The second-order valence-electron chi connectivity index (χ2n) is 8.22. The van der Waals surface area contributed by atoms with E-state index in [1.54, 1.807) is 0 Å². The van der Waals surface area contributed by atoms with Crippen LogP contribution in [0.3, 0.4) is 0 Å². The minimum Gasteiger partial charge on any atom is -1.00 e. The fraction of sp³-hybridized carbons (Fsp3) is 0.0667. The van der Waals surface area contributed by atoms with Gasteiger partial charge in [-0.1, -0.05) is 0 Å². The second kappa shape index (κ2) is 10.4. The molecule has 6 rings (SSSR count). The van der Waals surface area contributed by atoms with Crippen molar-refractivity contribution in [2.75, 3.05) is 0 Å². The van der Waals surface area contributed by atoms with E-state index in [-0.39, 0.29) is 24.8 Å². The Bertz CT molecular complexity index is 1210. The Hall–Kier alpha value is -2.18. The van der Waals surface area contributed by atoms with Crippen LogP contribution >= 0.6 is 0 Å². The first-order valence-corrected chi connectivity index (χ1v) is 13.7. The van der Waals surface area contributed by atoms with Crippen molar-refractivity contribution in [3.8, 4) is 0 Å². The van der Waals surface area contributed by atoms with Crippen LogP contribution in [0.5, 0.6) is 0 Å². The van der Waals surface area contributed by atoms with E-state index in [0.717, 1.165) is 0 Å². The molecule has 0 nitrogen and oxygen atoms in total. The summed E-state index contributed by atoms with van der Waals surface area (Å²) in [6.07, 6.45) is 4.89. The largest absolute Gasteiger partial charge is 1.00 e. The summed E-state index contributed by atoms with van der Waals surface area (Å²) in [6, 6.07) is 40.1. The second-order valence-corrected chi connectivity index (χ2v) is 11.9. The summed E-state index contributed by atoms with van der Waals surface area (Å²) >= 11 is -0.942. The smallest absolute Gasteiger partial charge is 1.00 e. The molecule has 0 N–H and O–H groups in total. The molecule has 0 aromatic heterocycles. The molecule has 0 saturated carbocycles. The maximum Gasteiger partial charge on any atom is -1.00 e. The van der Waals surface area contributed by atoms with Gasteiger partial charge in [-0.25, -0.2) is 0 Å². The molecule has 160 valence electrons. The standard InChI is InChI=1S/2C15H11.2ClH.Zr/c2*1-2-6-12(7-3-1)15-10-13-8-4-5-9-14(13)11-15;;;/h2*1-11H;2*1H;/q;;;;+2/p-2. The van der Waals surface area contributed by atoms with Crippen molar-refractivity contribution < 1.29 is 48.0 Å². The Balaban J connectivity index is 0.00000130. The Kier molecular flexibility index (Phi) is 7.55. The number of benzene rings is 4. The molecule has 2 atom stereocenters. The Morgan fingerprint density at radius 1 is 0.424 bits per heavy atom. The van der Waals surface area contributed by atoms with Crippen LogP contribution in [0.2, 0.25) is 0 Å². The van der Waals surface area contributed by atoms with Crippen molar-refractivity contribution in [1.29, 1.82) is 0 Å². The molecule has 0 fully saturated rings. The molecule has 0 radical (unpaired) electrons. The zero-order valence-electron chi connectivity index (χ0n) is 18.0. The first kappa shape index (κ1) is 24.0. The van der Waals surface area contributed by atoms with Gasteiger partial charge in [0.1, 0.15) is 0 Å².